The number of anilines is 1. The SMILES string of the molecule is O=[N+]([O-])c1ccc(NC(=S)N/N=C/c2ccccc2)cc1. The summed E-state index contributed by atoms with van der Waals surface area (Å²) in [5.74, 6) is 0. The van der Waals surface area contributed by atoms with E-state index in [0.29, 0.717) is 10.8 Å². The number of hydrogen-bond donors (Lipinski definition) is 2. The van der Waals surface area contributed by atoms with E-state index in [9.17, 15) is 10.1 Å². The summed E-state index contributed by atoms with van der Waals surface area (Å²) in [4.78, 5) is 10.1. The Morgan fingerprint density at radius 1 is 1.14 bits per heavy atom. The first kappa shape index (κ1) is 14.6. The average molecular weight is 300 g/mol. The third-order valence-electron chi connectivity index (χ3n) is 2.52. The van der Waals surface area contributed by atoms with Gasteiger partial charge in [-0.25, -0.2) is 0 Å². The topological polar surface area (TPSA) is 79.6 Å². The van der Waals surface area contributed by atoms with Crippen LogP contribution in [0.5, 0.6) is 0 Å². The van der Waals surface area contributed by atoms with Crippen molar-refractivity contribution in [2.24, 2.45) is 5.10 Å². The van der Waals surface area contributed by atoms with Crippen LogP contribution in [0.25, 0.3) is 0 Å². The molecule has 0 aromatic heterocycles. The van der Waals surface area contributed by atoms with Gasteiger partial charge < -0.3 is 5.32 Å². The molecule has 0 aliphatic heterocycles. The summed E-state index contributed by atoms with van der Waals surface area (Å²) >= 11 is 5.07. The summed E-state index contributed by atoms with van der Waals surface area (Å²) in [6, 6.07) is 15.5. The van der Waals surface area contributed by atoms with Gasteiger partial charge in [-0.2, -0.15) is 5.10 Å². The maximum atomic E-state index is 10.5. The van der Waals surface area contributed by atoms with Gasteiger partial charge in [0.05, 0.1) is 11.1 Å². The number of hydrogen-bond acceptors (Lipinski definition) is 4. The molecule has 0 aliphatic rings. The first-order chi connectivity index (χ1) is 10.1. The molecule has 0 radical (unpaired) electrons. The Hall–Kier alpha value is -2.80. The van der Waals surface area contributed by atoms with Crippen molar-refractivity contribution < 1.29 is 4.92 Å². The molecule has 0 saturated carbocycles. The summed E-state index contributed by atoms with van der Waals surface area (Å²) < 4.78 is 0. The van der Waals surface area contributed by atoms with Crippen LogP contribution in [-0.4, -0.2) is 16.3 Å². The molecule has 0 fully saturated rings. The van der Waals surface area contributed by atoms with Crippen LogP contribution in [0.15, 0.2) is 59.7 Å². The van der Waals surface area contributed by atoms with Crippen LogP contribution in [0.3, 0.4) is 0 Å². The zero-order valence-corrected chi connectivity index (χ0v) is 11.7. The third kappa shape index (κ3) is 4.66. The van der Waals surface area contributed by atoms with E-state index in [1.807, 2.05) is 30.3 Å². The van der Waals surface area contributed by atoms with Crippen LogP contribution in [0.1, 0.15) is 5.56 Å². The molecule has 2 aromatic rings. The molecular formula is C14H12N4O2S. The van der Waals surface area contributed by atoms with E-state index in [1.165, 1.54) is 12.1 Å². The number of hydrazone groups is 1. The first-order valence-electron chi connectivity index (χ1n) is 6.05. The van der Waals surface area contributed by atoms with Crippen molar-refractivity contribution in [1.82, 2.24) is 5.43 Å². The normalized spacial score (nSPS) is 10.3. The van der Waals surface area contributed by atoms with E-state index in [-0.39, 0.29) is 5.69 Å². The fourth-order valence-electron chi connectivity index (χ4n) is 1.53. The highest BCUT2D eigenvalue weighted by atomic mass is 32.1. The second-order valence-corrected chi connectivity index (χ2v) is 4.45. The zero-order valence-electron chi connectivity index (χ0n) is 10.9. The molecule has 0 aliphatic carbocycles. The van der Waals surface area contributed by atoms with Crippen LogP contribution < -0.4 is 10.7 Å². The maximum Gasteiger partial charge on any atom is 0.269 e. The molecule has 2 aromatic carbocycles. The molecule has 6 nitrogen and oxygen atoms in total. The van der Waals surface area contributed by atoms with Gasteiger partial charge in [0.2, 0.25) is 0 Å². The molecule has 0 amide bonds. The number of nitrogens with one attached hydrogen (secondary N) is 2. The van der Waals surface area contributed by atoms with Crippen molar-refractivity contribution in [3.8, 4) is 0 Å². The van der Waals surface area contributed by atoms with E-state index in [0.717, 1.165) is 5.56 Å². The lowest BCUT2D eigenvalue weighted by Gasteiger charge is -2.06. The van der Waals surface area contributed by atoms with Crippen LogP contribution in [-0.2, 0) is 0 Å². The average Bonchev–Trinajstić information content (AvgIpc) is 2.49. The van der Waals surface area contributed by atoms with E-state index in [1.54, 1.807) is 18.3 Å². The van der Waals surface area contributed by atoms with Gasteiger partial charge in [0.25, 0.3) is 5.69 Å². The standard InChI is InChI=1S/C14H12N4O2S/c19-18(20)13-8-6-12(7-9-13)16-14(21)17-15-10-11-4-2-1-3-5-11/h1-10H,(H2,16,17,21)/b15-10+. The number of thiocarbonyl (C=S) groups is 1. The van der Waals surface area contributed by atoms with Gasteiger partial charge in [0.1, 0.15) is 0 Å². The smallest absolute Gasteiger partial charge is 0.269 e. The Kier molecular flexibility index (Phi) is 4.94. The monoisotopic (exact) mass is 300 g/mol. The van der Waals surface area contributed by atoms with Crippen molar-refractivity contribution in [3.05, 3.63) is 70.3 Å². The minimum Gasteiger partial charge on any atom is -0.331 e. The first-order valence-corrected chi connectivity index (χ1v) is 6.45. The second-order valence-electron chi connectivity index (χ2n) is 4.04. The third-order valence-corrected chi connectivity index (χ3v) is 2.71. The number of rotatable bonds is 4. The highest BCUT2D eigenvalue weighted by Crippen LogP contribution is 2.15. The van der Waals surface area contributed by atoms with Gasteiger partial charge in [0, 0.05) is 17.8 Å². The van der Waals surface area contributed by atoms with Gasteiger partial charge in [-0.1, -0.05) is 30.3 Å². The minimum absolute atomic E-state index is 0.0292. The molecule has 0 spiro atoms. The summed E-state index contributed by atoms with van der Waals surface area (Å²) in [6.07, 6.45) is 1.64. The fraction of sp³-hybridized carbons (Fsp3) is 0. The second kappa shape index (κ2) is 7.11. The lowest BCUT2D eigenvalue weighted by atomic mass is 10.2. The quantitative estimate of drug-likeness (QED) is 0.393. The van der Waals surface area contributed by atoms with E-state index < -0.39 is 4.92 Å². The summed E-state index contributed by atoms with van der Waals surface area (Å²) in [5.41, 5.74) is 4.30. The minimum atomic E-state index is -0.454. The Morgan fingerprint density at radius 2 is 1.81 bits per heavy atom. The van der Waals surface area contributed by atoms with Crippen LogP contribution in [0.4, 0.5) is 11.4 Å². The lowest BCUT2D eigenvalue weighted by molar-refractivity contribution is -0.384. The van der Waals surface area contributed by atoms with E-state index in [2.05, 4.69) is 15.8 Å². The molecular weight excluding hydrogens is 288 g/mol. The van der Waals surface area contributed by atoms with Gasteiger partial charge >= 0.3 is 0 Å². The molecule has 0 saturated heterocycles. The van der Waals surface area contributed by atoms with Crippen LogP contribution in [0, 0.1) is 10.1 Å². The summed E-state index contributed by atoms with van der Waals surface area (Å²) in [7, 11) is 0. The van der Waals surface area contributed by atoms with Crippen LogP contribution in [0.2, 0.25) is 0 Å². The van der Waals surface area contributed by atoms with Gasteiger partial charge in [-0.05, 0) is 29.9 Å². The molecule has 0 atom stereocenters. The highest BCUT2D eigenvalue weighted by molar-refractivity contribution is 7.80. The number of nitrogens with zero attached hydrogens (tertiary/aromatic N) is 2. The Balaban J connectivity index is 1.87. The molecule has 7 heteroatoms. The van der Waals surface area contributed by atoms with Gasteiger partial charge in [-0.15, -0.1) is 0 Å². The molecule has 0 unspecified atom stereocenters. The zero-order chi connectivity index (χ0) is 15.1. The fourth-order valence-corrected chi connectivity index (χ4v) is 1.70. The number of nitro groups is 1. The number of benzene rings is 2. The Labute approximate surface area is 126 Å². The Morgan fingerprint density at radius 3 is 2.43 bits per heavy atom. The van der Waals surface area contributed by atoms with Crippen molar-refractivity contribution in [2.45, 2.75) is 0 Å². The van der Waals surface area contributed by atoms with Gasteiger partial charge in [0.15, 0.2) is 5.11 Å². The van der Waals surface area contributed by atoms with Crippen LogP contribution >= 0.6 is 12.2 Å². The molecule has 21 heavy (non-hydrogen) atoms. The van der Waals surface area contributed by atoms with Crippen molar-refractivity contribution in [3.63, 3.8) is 0 Å². The van der Waals surface area contributed by atoms with Crippen molar-refractivity contribution in [2.75, 3.05) is 5.32 Å². The lowest BCUT2D eigenvalue weighted by Crippen LogP contribution is -2.23. The largest absolute Gasteiger partial charge is 0.331 e. The number of nitro benzene ring substituents is 1. The van der Waals surface area contributed by atoms with Crippen molar-refractivity contribution >= 4 is 34.9 Å². The maximum absolute atomic E-state index is 10.5. The summed E-state index contributed by atoms with van der Waals surface area (Å²) in [5, 5.41) is 17.7. The Bertz CT molecular complexity index is 656. The summed E-state index contributed by atoms with van der Waals surface area (Å²) in [6.45, 7) is 0. The molecule has 0 bridgehead atoms. The molecule has 0 heterocycles. The predicted octanol–water partition coefficient (Wildman–Crippen LogP) is 2.92. The van der Waals surface area contributed by atoms with E-state index in [4.69, 9.17) is 12.2 Å². The van der Waals surface area contributed by atoms with Crippen molar-refractivity contribution in [1.29, 1.82) is 0 Å². The predicted molar refractivity (Wildman–Crippen MR) is 86.5 cm³/mol. The molecule has 2 N–H and O–H groups in total. The highest BCUT2D eigenvalue weighted by Gasteiger charge is 2.04. The number of non-ortho nitro benzene ring substituents is 1. The van der Waals surface area contributed by atoms with Gasteiger partial charge in [-0.3, -0.25) is 15.5 Å². The molecule has 106 valence electrons. The molecule has 2 rings (SSSR count). The van der Waals surface area contributed by atoms with E-state index >= 15 is 0 Å².